The molecule has 6 heteroatoms. The fraction of sp³-hybridized carbons (Fsp3) is 0.786. The molecule has 1 aromatic rings. The zero-order valence-corrected chi connectivity index (χ0v) is 14.4. The molecule has 0 fully saturated rings. The summed E-state index contributed by atoms with van der Waals surface area (Å²) in [7, 11) is 0. The number of nitrogens with zero attached hydrogens (tertiary/aromatic N) is 2. The molecule has 1 heterocycles. The first-order chi connectivity index (χ1) is 9.31. The molecule has 4 nitrogen and oxygen atoms in total. The molecule has 1 aromatic heterocycles. The second kappa shape index (κ2) is 7.36. The van der Waals surface area contributed by atoms with E-state index < -0.39 is 0 Å². The van der Waals surface area contributed by atoms with Crippen molar-refractivity contribution in [1.82, 2.24) is 14.9 Å². The minimum absolute atomic E-state index is 0.0343. The molecule has 0 aliphatic carbocycles. The minimum Gasteiger partial charge on any atom is -0.350 e. The Bertz CT molecular complexity index is 438. The predicted octanol–water partition coefficient (Wildman–Crippen LogP) is 3.61. The lowest BCUT2D eigenvalue weighted by Gasteiger charge is -2.20. The molecular formula is C14H24ClN3OS. The van der Waals surface area contributed by atoms with E-state index >= 15 is 0 Å². The van der Waals surface area contributed by atoms with Crippen molar-refractivity contribution in [3.63, 3.8) is 0 Å². The van der Waals surface area contributed by atoms with Gasteiger partial charge in [-0.05, 0) is 17.5 Å². The van der Waals surface area contributed by atoms with Gasteiger partial charge >= 0.3 is 0 Å². The summed E-state index contributed by atoms with van der Waals surface area (Å²) < 4.78 is 3.90. The highest BCUT2D eigenvalue weighted by Crippen LogP contribution is 2.25. The van der Waals surface area contributed by atoms with Gasteiger partial charge in [0.15, 0.2) is 0 Å². The summed E-state index contributed by atoms with van der Waals surface area (Å²) >= 11 is 7.48. The molecule has 114 valence electrons. The fourth-order valence-corrected chi connectivity index (χ4v) is 3.29. The van der Waals surface area contributed by atoms with Gasteiger partial charge in [0.25, 0.3) is 5.91 Å². The van der Waals surface area contributed by atoms with E-state index in [1.165, 1.54) is 0 Å². The summed E-state index contributed by atoms with van der Waals surface area (Å²) in [6, 6.07) is 0. The first-order valence-electron chi connectivity index (χ1n) is 7.06. The van der Waals surface area contributed by atoms with Crippen molar-refractivity contribution < 1.29 is 4.79 Å². The molecule has 1 N–H and O–H groups in total. The van der Waals surface area contributed by atoms with Crippen molar-refractivity contribution in [2.45, 2.75) is 58.3 Å². The molecule has 0 saturated heterocycles. The second-order valence-electron chi connectivity index (χ2n) is 6.00. The maximum Gasteiger partial charge on any atom is 0.265 e. The highest BCUT2D eigenvalue weighted by atomic mass is 35.5. The molecule has 1 atom stereocenters. The van der Waals surface area contributed by atoms with E-state index in [1.54, 1.807) is 0 Å². The summed E-state index contributed by atoms with van der Waals surface area (Å²) in [5, 5.41) is 6.95. The lowest BCUT2D eigenvalue weighted by molar-refractivity contribution is 0.0953. The largest absolute Gasteiger partial charge is 0.350 e. The Hall–Kier alpha value is -0.680. The lowest BCUT2D eigenvalue weighted by atomic mass is 9.91. The summed E-state index contributed by atoms with van der Waals surface area (Å²) in [6.07, 6.45) is 2.05. The van der Waals surface area contributed by atoms with Crippen LogP contribution in [0.4, 0.5) is 0 Å². The van der Waals surface area contributed by atoms with Gasteiger partial charge in [-0.15, -0.1) is 16.7 Å². The zero-order valence-electron chi connectivity index (χ0n) is 12.9. The van der Waals surface area contributed by atoms with Crippen LogP contribution in [0, 0.1) is 5.92 Å². The number of aromatic nitrogens is 2. The Morgan fingerprint density at radius 1 is 1.35 bits per heavy atom. The smallest absolute Gasteiger partial charge is 0.265 e. The maximum atomic E-state index is 12.2. The molecule has 1 rings (SSSR count). The van der Waals surface area contributed by atoms with Crippen LogP contribution in [-0.2, 0) is 5.41 Å². The van der Waals surface area contributed by atoms with E-state index in [1.807, 2.05) is 20.8 Å². The molecule has 0 aliphatic rings. The van der Waals surface area contributed by atoms with Gasteiger partial charge in [-0.1, -0.05) is 51.9 Å². The van der Waals surface area contributed by atoms with E-state index in [9.17, 15) is 4.79 Å². The summed E-state index contributed by atoms with van der Waals surface area (Å²) in [5.41, 5.74) is 0.559. The number of hydrogen-bond acceptors (Lipinski definition) is 4. The van der Waals surface area contributed by atoms with Gasteiger partial charge in [-0.25, -0.2) is 0 Å². The molecule has 0 radical (unpaired) electrons. The normalized spacial score (nSPS) is 13.6. The zero-order chi connectivity index (χ0) is 15.3. The summed E-state index contributed by atoms with van der Waals surface area (Å²) in [6.45, 7) is 10.8. The molecule has 0 spiro atoms. The quantitative estimate of drug-likeness (QED) is 0.815. The lowest BCUT2D eigenvalue weighted by Crippen LogP contribution is -2.34. The van der Waals surface area contributed by atoms with Crippen molar-refractivity contribution in [2.24, 2.45) is 5.92 Å². The van der Waals surface area contributed by atoms with Crippen molar-refractivity contribution in [1.29, 1.82) is 0 Å². The second-order valence-corrected chi connectivity index (χ2v) is 7.32. The first-order valence-corrected chi connectivity index (χ1v) is 8.27. The van der Waals surface area contributed by atoms with Crippen LogP contribution < -0.4 is 5.32 Å². The first kappa shape index (κ1) is 17.4. The van der Waals surface area contributed by atoms with Gasteiger partial charge in [-0.2, -0.15) is 0 Å². The summed E-state index contributed by atoms with van der Waals surface area (Å²) in [4.78, 5) is 12.8. The van der Waals surface area contributed by atoms with Crippen LogP contribution in [0.3, 0.4) is 0 Å². The maximum absolute atomic E-state index is 12.2. The van der Waals surface area contributed by atoms with Crippen LogP contribution in [-0.4, -0.2) is 27.4 Å². The van der Waals surface area contributed by atoms with Gasteiger partial charge in [0.2, 0.25) is 0 Å². The van der Waals surface area contributed by atoms with Gasteiger partial charge in [0, 0.05) is 12.0 Å². The number of hydrogen-bond donors (Lipinski definition) is 1. The van der Waals surface area contributed by atoms with Gasteiger partial charge < -0.3 is 5.32 Å². The third kappa shape index (κ3) is 4.42. The average molecular weight is 318 g/mol. The van der Waals surface area contributed by atoms with Crippen LogP contribution in [0.15, 0.2) is 0 Å². The Labute approximate surface area is 130 Å². The Morgan fingerprint density at radius 2 is 1.95 bits per heavy atom. The minimum atomic E-state index is -0.185. The van der Waals surface area contributed by atoms with E-state index in [2.05, 4.69) is 28.8 Å². The Morgan fingerprint density at radius 3 is 2.45 bits per heavy atom. The molecule has 1 unspecified atom stereocenters. The molecule has 0 saturated carbocycles. The van der Waals surface area contributed by atoms with Crippen molar-refractivity contribution in [2.75, 3.05) is 6.54 Å². The fourth-order valence-electron chi connectivity index (χ4n) is 2.07. The number of carbonyl (C=O) groups is 1. The third-order valence-corrected chi connectivity index (χ3v) is 4.66. The number of nitrogens with one attached hydrogen (secondary N) is 1. The Kier molecular flexibility index (Phi) is 6.40. The van der Waals surface area contributed by atoms with Crippen LogP contribution >= 0.6 is 23.1 Å². The van der Waals surface area contributed by atoms with Gasteiger partial charge in [0.05, 0.1) is 11.1 Å². The molecule has 0 bridgehead atoms. The van der Waals surface area contributed by atoms with Crippen LogP contribution in [0.1, 0.15) is 62.8 Å². The summed E-state index contributed by atoms with van der Waals surface area (Å²) in [5.74, 6) is 0.306. The van der Waals surface area contributed by atoms with Crippen molar-refractivity contribution in [3.8, 4) is 0 Å². The van der Waals surface area contributed by atoms with Gasteiger partial charge in [0.1, 0.15) is 4.88 Å². The van der Waals surface area contributed by atoms with Crippen LogP contribution in [0.5, 0.6) is 0 Å². The highest BCUT2D eigenvalue weighted by molar-refractivity contribution is 7.08. The highest BCUT2D eigenvalue weighted by Gasteiger charge is 2.26. The third-order valence-electron chi connectivity index (χ3n) is 3.42. The molecule has 20 heavy (non-hydrogen) atoms. The predicted molar refractivity (Wildman–Crippen MR) is 84.7 cm³/mol. The standard InChI is InChI=1S/C14H24ClN3OS/c1-6-9(7-2)10(15)8-16-13(19)11-12(14(3,4)5)17-18-20-11/h9-10H,6-8H2,1-5H3,(H,16,19). The topological polar surface area (TPSA) is 54.9 Å². The molecule has 0 aromatic carbocycles. The number of halogens is 1. The number of rotatable bonds is 6. The average Bonchev–Trinajstić information content (AvgIpc) is 2.86. The molecule has 1 amide bonds. The van der Waals surface area contributed by atoms with Crippen LogP contribution in [0.25, 0.3) is 0 Å². The molecule has 0 aliphatic heterocycles. The van der Waals surface area contributed by atoms with E-state index in [0.29, 0.717) is 17.3 Å². The number of carbonyl (C=O) groups excluding carboxylic acids is 1. The van der Waals surface area contributed by atoms with Crippen molar-refractivity contribution >= 4 is 29.0 Å². The number of amides is 1. The molecular weight excluding hydrogens is 294 g/mol. The van der Waals surface area contributed by atoms with E-state index in [-0.39, 0.29) is 16.7 Å². The monoisotopic (exact) mass is 317 g/mol. The van der Waals surface area contributed by atoms with Crippen LogP contribution in [0.2, 0.25) is 0 Å². The van der Waals surface area contributed by atoms with E-state index in [0.717, 1.165) is 30.1 Å². The van der Waals surface area contributed by atoms with Crippen molar-refractivity contribution in [3.05, 3.63) is 10.6 Å². The SMILES string of the molecule is CCC(CC)C(Cl)CNC(=O)c1snnc1C(C)(C)C. The van der Waals surface area contributed by atoms with E-state index in [4.69, 9.17) is 11.6 Å². The number of alkyl halides is 1. The Balaban J connectivity index is 2.67. The van der Waals surface area contributed by atoms with Gasteiger partial charge in [-0.3, -0.25) is 4.79 Å².